The van der Waals surface area contributed by atoms with Crippen LogP contribution in [0.4, 0.5) is 0 Å². The second kappa shape index (κ2) is 9.85. The van der Waals surface area contributed by atoms with E-state index < -0.39 is 16.0 Å². The second-order valence-electron chi connectivity index (χ2n) is 6.70. The molecule has 0 bridgehead atoms. The van der Waals surface area contributed by atoms with Gasteiger partial charge in [-0.3, -0.25) is 4.79 Å². The molecule has 152 valence electrons. The van der Waals surface area contributed by atoms with Gasteiger partial charge in [-0.2, -0.15) is 0 Å². The maximum Gasteiger partial charge on any atom is 0.338 e. The SMILES string of the molecule is CC[C@@H](C)N(C(=O)COC(=O)c1ccc(S(=O)(=O)N(C)C)cc1)[C@H](C)CC. The molecule has 0 aliphatic heterocycles. The highest BCUT2D eigenvalue weighted by Gasteiger charge is 2.25. The minimum atomic E-state index is -3.56. The van der Waals surface area contributed by atoms with E-state index in [-0.39, 0.29) is 35.1 Å². The first-order valence-electron chi connectivity index (χ1n) is 9.07. The number of hydrogen-bond donors (Lipinski definition) is 0. The molecule has 1 aromatic rings. The monoisotopic (exact) mass is 398 g/mol. The lowest BCUT2D eigenvalue weighted by molar-refractivity contribution is -0.139. The number of benzene rings is 1. The Morgan fingerprint density at radius 2 is 1.48 bits per heavy atom. The number of carbonyl (C=O) groups is 2. The van der Waals surface area contributed by atoms with E-state index in [0.29, 0.717) is 0 Å². The van der Waals surface area contributed by atoms with E-state index in [0.717, 1.165) is 17.1 Å². The molecule has 0 saturated carbocycles. The first kappa shape index (κ1) is 23.1. The van der Waals surface area contributed by atoms with Gasteiger partial charge in [0.05, 0.1) is 10.5 Å². The molecular formula is C19H30N2O5S. The molecule has 1 aromatic carbocycles. The average molecular weight is 399 g/mol. The third-order valence-corrected chi connectivity index (χ3v) is 6.44. The first-order chi connectivity index (χ1) is 12.6. The van der Waals surface area contributed by atoms with Crippen molar-refractivity contribution in [2.45, 2.75) is 57.5 Å². The Balaban J connectivity index is 2.80. The van der Waals surface area contributed by atoms with Crippen LogP contribution in [0.5, 0.6) is 0 Å². The number of amides is 1. The van der Waals surface area contributed by atoms with Gasteiger partial charge in [0.15, 0.2) is 6.61 Å². The predicted molar refractivity (Wildman–Crippen MR) is 104 cm³/mol. The van der Waals surface area contributed by atoms with Crippen molar-refractivity contribution in [3.05, 3.63) is 29.8 Å². The summed E-state index contributed by atoms with van der Waals surface area (Å²) < 4.78 is 30.3. The Morgan fingerprint density at radius 3 is 1.89 bits per heavy atom. The molecule has 0 aromatic heterocycles. The van der Waals surface area contributed by atoms with Crippen LogP contribution in [0.1, 0.15) is 50.9 Å². The molecule has 0 spiro atoms. The van der Waals surface area contributed by atoms with Gasteiger partial charge in [-0.25, -0.2) is 17.5 Å². The largest absolute Gasteiger partial charge is 0.452 e. The smallest absolute Gasteiger partial charge is 0.338 e. The lowest BCUT2D eigenvalue weighted by Crippen LogP contribution is -2.46. The fraction of sp³-hybridized carbons (Fsp3) is 0.579. The summed E-state index contributed by atoms with van der Waals surface area (Å²) in [4.78, 5) is 26.5. The Labute approximate surface area is 162 Å². The summed E-state index contributed by atoms with van der Waals surface area (Å²) in [6.45, 7) is 7.60. The zero-order chi connectivity index (χ0) is 20.8. The minimum absolute atomic E-state index is 0.0571. The zero-order valence-electron chi connectivity index (χ0n) is 16.9. The molecule has 1 rings (SSSR count). The van der Waals surface area contributed by atoms with E-state index in [1.165, 1.54) is 38.4 Å². The quantitative estimate of drug-likeness (QED) is 0.597. The Hall–Kier alpha value is -1.93. The molecule has 0 saturated heterocycles. The predicted octanol–water partition coefficient (Wildman–Crippen LogP) is 2.52. The molecule has 0 unspecified atom stereocenters. The maximum absolute atomic E-state index is 12.5. The Kier molecular flexibility index (Phi) is 8.43. The summed E-state index contributed by atoms with van der Waals surface area (Å²) in [5, 5.41) is 0. The summed E-state index contributed by atoms with van der Waals surface area (Å²) in [6, 6.07) is 5.56. The number of rotatable bonds is 9. The van der Waals surface area contributed by atoms with Crippen LogP contribution in [0.2, 0.25) is 0 Å². The van der Waals surface area contributed by atoms with Gasteiger partial charge in [-0.1, -0.05) is 13.8 Å². The number of hydrogen-bond acceptors (Lipinski definition) is 5. The second-order valence-corrected chi connectivity index (χ2v) is 8.86. The molecule has 0 aliphatic carbocycles. The molecule has 0 aliphatic rings. The van der Waals surface area contributed by atoms with Crippen molar-refractivity contribution in [1.82, 2.24) is 9.21 Å². The molecule has 1 amide bonds. The topological polar surface area (TPSA) is 84.0 Å². The van der Waals surface area contributed by atoms with Gasteiger partial charge in [0, 0.05) is 26.2 Å². The van der Waals surface area contributed by atoms with Crippen LogP contribution in [-0.2, 0) is 19.6 Å². The van der Waals surface area contributed by atoms with Crippen LogP contribution in [0, 0.1) is 0 Å². The first-order valence-corrected chi connectivity index (χ1v) is 10.5. The molecule has 7 nitrogen and oxygen atoms in total. The fourth-order valence-electron chi connectivity index (χ4n) is 2.58. The van der Waals surface area contributed by atoms with Gasteiger partial charge in [-0.15, -0.1) is 0 Å². The van der Waals surface area contributed by atoms with Crippen LogP contribution < -0.4 is 0 Å². The van der Waals surface area contributed by atoms with E-state index in [2.05, 4.69) is 0 Å². The summed E-state index contributed by atoms with van der Waals surface area (Å²) >= 11 is 0. The van der Waals surface area contributed by atoms with Gasteiger partial charge in [0.25, 0.3) is 5.91 Å². The highest BCUT2D eigenvalue weighted by Crippen LogP contribution is 2.15. The van der Waals surface area contributed by atoms with Gasteiger partial charge in [0.1, 0.15) is 0 Å². The summed E-state index contributed by atoms with van der Waals surface area (Å²) in [5.74, 6) is -0.899. The Bertz CT molecular complexity index is 734. The van der Waals surface area contributed by atoms with E-state index in [1.54, 1.807) is 4.90 Å². The van der Waals surface area contributed by atoms with Crippen molar-refractivity contribution < 1.29 is 22.7 Å². The average Bonchev–Trinajstić information content (AvgIpc) is 2.65. The number of esters is 1. The number of carbonyl (C=O) groups excluding carboxylic acids is 2. The van der Waals surface area contributed by atoms with Crippen molar-refractivity contribution in [1.29, 1.82) is 0 Å². The molecule has 0 radical (unpaired) electrons. The van der Waals surface area contributed by atoms with Crippen LogP contribution in [0.15, 0.2) is 29.2 Å². The van der Waals surface area contributed by atoms with Crippen molar-refractivity contribution in [2.75, 3.05) is 20.7 Å². The summed E-state index contributed by atoms with van der Waals surface area (Å²) in [6.07, 6.45) is 1.62. The Morgan fingerprint density at radius 1 is 1.00 bits per heavy atom. The zero-order valence-corrected chi connectivity index (χ0v) is 17.7. The highest BCUT2D eigenvalue weighted by atomic mass is 32.2. The van der Waals surface area contributed by atoms with Gasteiger partial charge in [-0.05, 0) is 51.0 Å². The molecule has 8 heteroatoms. The maximum atomic E-state index is 12.5. The number of nitrogens with zero attached hydrogens (tertiary/aromatic N) is 2. The summed E-state index contributed by atoms with van der Waals surface area (Å²) in [5.41, 5.74) is 0.194. The third kappa shape index (κ3) is 5.77. The van der Waals surface area contributed by atoms with E-state index in [1.807, 2.05) is 27.7 Å². The third-order valence-electron chi connectivity index (χ3n) is 4.61. The van der Waals surface area contributed by atoms with Crippen LogP contribution in [-0.4, -0.2) is 62.3 Å². The van der Waals surface area contributed by atoms with E-state index in [9.17, 15) is 18.0 Å². The molecule has 0 fully saturated rings. The van der Waals surface area contributed by atoms with Crippen LogP contribution >= 0.6 is 0 Å². The minimum Gasteiger partial charge on any atom is -0.452 e. The van der Waals surface area contributed by atoms with Gasteiger partial charge in [0.2, 0.25) is 10.0 Å². The molecule has 0 heterocycles. The van der Waals surface area contributed by atoms with Crippen molar-refractivity contribution in [2.24, 2.45) is 0 Å². The van der Waals surface area contributed by atoms with E-state index in [4.69, 9.17) is 4.74 Å². The van der Waals surface area contributed by atoms with Crippen LogP contribution in [0.25, 0.3) is 0 Å². The fourth-order valence-corrected chi connectivity index (χ4v) is 3.48. The molecule has 0 N–H and O–H groups in total. The normalized spacial score (nSPS) is 13.9. The van der Waals surface area contributed by atoms with Crippen LogP contribution in [0.3, 0.4) is 0 Å². The van der Waals surface area contributed by atoms with E-state index >= 15 is 0 Å². The van der Waals surface area contributed by atoms with Crippen molar-refractivity contribution >= 4 is 21.9 Å². The number of ether oxygens (including phenoxy) is 1. The van der Waals surface area contributed by atoms with Gasteiger partial charge < -0.3 is 9.64 Å². The summed E-state index contributed by atoms with van der Waals surface area (Å²) in [7, 11) is -0.693. The molecule has 27 heavy (non-hydrogen) atoms. The van der Waals surface area contributed by atoms with Crippen molar-refractivity contribution in [3.63, 3.8) is 0 Å². The van der Waals surface area contributed by atoms with Crippen molar-refractivity contribution in [3.8, 4) is 0 Å². The lowest BCUT2D eigenvalue weighted by Gasteiger charge is -2.33. The number of sulfonamides is 1. The standard InChI is InChI=1S/C19H30N2O5S/c1-7-14(3)21(15(4)8-2)18(22)13-26-19(23)16-9-11-17(12-10-16)27(24,25)20(5)6/h9-12,14-15H,7-8,13H2,1-6H3/t14-,15-/m1/s1. The molecule has 2 atom stereocenters. The van der Waals surface area contributed by atoms with Gasteiger partial charge >= 0.3 is 5.97 Å². The lowest BCUT2D eigenvalue weighted by atomic mass is 10.1. The molecular weight excluding hydrogens is 368 g/mol. The highest BCUT2D eigenvalue weighted by molar-refractivity contribution is 7.89.